The first-order valence-electron chi connectivity index (χ1n) is 10.9. The highest BCUT2D eigenvalue weighted by atomic mass is 16.5. The number of nitrogens with zero attached hydrogens (tertiary/aromatic N) is 3. The van der Waals surface area contributed by atoms with Crippen LogP contribution in [0.25, 0.3) is 10.9 Å². The number of hydrogen-bond donors (Lipinski definition) is 2. The molecule has 180 valence electrons. The zero-order valence-corrected chi connectivity index (χ0v) is 19.7. The van der Waals surface area contributed by atoms with Gasteiger partial charge < -0.3 is 20.1 Å². The summed E-state index contributed by atoms with van der Waals surface area (Å²) in [4.78, 5) is 46.9. The fourth-order valence-corrected chi connectivity index (χ4v) is 3.48. The second-order valence-corrected chi connectivity index (χ2v) is 7.91. The maximum absolute atomic E-state index is 13.0. The van der Waals surface area contributed by atoms with Gasteiger partial charge in [0.25, 0.3) is 5.56 Å². The fraction of sp³-hybridized carbons (Fsp3) is 0.375. The quantitative estimate of drug-likeness (QED) is 0.465. The lowest BCUT2D eigenvalue weighted by Gasteiger charge is -2.23. The van der Waals surface area contributed by atoms with Gasteiger partial charge in [0, 0.05) is 25.0 Å². The van der Waals surface area contributed by atoms with E-state index in [0.29, 0.717) is 35.4 Å². The van der Waals surface area contributed by atoms with Crippen LogP contribution in [0, 0.1) is 5.92 Å². The molecule has 0 saturated carbocycles. The number of pyridine rings is 1. The average molecular weight is 468 g/mol. The monoisotopic (exact) mass is 467 g/mol. The molecule has 1 unspecified atom stereocenters. The Balaban J connectivity index is 1.75. The number of methoxy groups -OCH3 is 2. The first-order valence-corrected chi connectivity index (χ1v) is 10.9. The Labute approximate surface area is 197 Å². The number of hydrogen-bond acceptors (Lipinski definition) is 7. The van der Waals surface area contributed by atoms with E-state index in [9.17, 15) is 14.4 Å². The molecule has 10 heteroatoms. The van der Waals surface area contributed by atoms with Crippen molar-refractivity contribution in [3.63, 3.8) is 0 Å². The highest BCUT2D eigenvalue weighted by Crippen LogP contribution is 2.29. The number of benzene rings is 1. The zero-order valence-electron chi connectivity index (χ0n) is 19.7. The fourth-order valence-electron chi connectivity index (χ4n) is 3.48. The van der Waals surface area contributed by atoms with Crippen LogP contribution in [0.1, 0.15) is 25.8 Å². The molecule has 0 saturated heterocycles. The minimum Gasteiger partial charge on any atom is -0.493 e. The smallest absolute Gasteiger partial charge is 0.261 e. The summed E-state index contributed by atoms with van der Waals surface area (Å²) in [5, 5.41) is 5.90. The van der Waals surface area contributed by atoms with Crippen molar-refractivity contribution >= 4 is 22.7 Å². The van der Waals surface area contributed by atoms with Gasteiger partial charge in [0.2, 0.25) is 11.8 Å². The highest BCUT2D eigenvalue weighted by Gasteiger charge is 2.26. The molecule has 0 bridgehead atoms. The Kier molecular flexibility index (Phi) is 8.18. The van der Waals surface area contributed by atoms with Crippen molar-refractivity contribution in [3.05, 3.63) is 58.9 Å². The van der Waals surface area contributed by atoms with Crippen LogP contribution in [0.3, 0.4) is 0 Å². The average Bonchev–Trinajstić information content (AvgIpc) is 2.87. The molecule has 3 aromatic rings. The largest absolute Gasteiger partial charge is 0.493 e. The van der Waals surface area contributed by atoms with Crippen LogP contribution >= 0.6 is 0 Å². The Morgan fingerprint density at radius 3 is 2.56 bits per heavy atom. The molecular weight excluding hydrogens is 438 g/mol. The molecule has 0 spiro atoms. The molecule has 0 radical (unpaired) electrons. The van der Waals surface area contributed by atoms with Crippen molar-refractivity contribution in [1.82, 2.24) is 25.2 Å². The Hall–Kier alpha value is -3.95. The molecule has 1 aromatic carbocycles. The maximum atomic E-state index is 13.0. The number of nitrogens with one attached hydrogen (secondary N) is 2. The minimum atomic E-state index is -0.748. The van der Waals surface area contributed by atoms with Gasteiger partial charge in [-0.3, -0.25) is 23.9 Å². The first kappa shape index (κ1) is 24.7. The summed E-state index contributed by atoms with van der Waals surface area (Å²) >= 11 is 0. The lowest BCUT2D eigenvalue weighted by molar-refractivity contribution is -0.130. The molecule has 34 heavy (non-hydrogen) atoms. The SMILES string of the molecule is CCC(C)[C@H](NC(=O)Cn1cnc2cc(OC)c(OC)cc2c1=O)C(=O)NCc1cccnc1. The van der Waals surface area contributed by atoms with E-state index in [1.54, 1.807) is 24.5 Å². The van der Waals surface area contributed by atoms with Gasteiger partial charge in [0.05, 0.1) is 31.4 Å². The van der Waals surface area contributed by atoms with E-state index < -0.39 is 17.5 Å². The summed E-state index contributed by atoms with van der Waals surface area (Å²) in [6.45, 7) is 3.85. The lowest BCUT2D eigenvalue weighted by Crippen LogP contribution is -2.51. The van der Waals surface area contributed by atoms with Crippen LogP contribution in [-0.2, 0) is 22.7 Å². The third-order valence-corrected chi connectivity index (χ3v) is 5.64. The molecule has 0 aliphatic carbocycles. The van der Waals surface area contributed by atoms with E-state index in [-0.39, 0.29) is 18.4 Å². The van der Waals surface area contributed by atoms with Gasteiger partial charge in [-0.1, -0.05) is 26.3 Å². The van der Waals surface area contributed by atoms with Crippen LogP contribution in [0.4, 0.5) is 0 Å². The first-order chi connectivity index (χ1) is 16.4. The normalized spacial score (nSPS) is 12.6. The van der Waals surface area contributed by atoms with Gasteiger partial charge >= 0.3 is 0 Å². The van der Waals surface area contributed by atoms with E-state index >= 15 is 0 Å². The molecule has 0 aliphatic rings. The number of rotatable bonds is 10. The van der Waals surface area contributed by atoms with Crippen LogP contribution in [0.5, 0.6) is 11.5 Å². The molecule has 2 heterocycles. The van der Waals surface area contributed by atoms with E-state index in [1.165, 1.54) is 31.2 Å². The zero-order chi connectivity index (χ0) is 24.7. The molecule has 0 fully saturated rings. The third-order valence-electron chi connectivity index (χ3n) is 5.64. The highest BCUT2D eigenvalue weighted by molar-refractivity contribution is 5.88. The van der Waals surface area contributed by atoms with Crippen molar-refractivity contribution in [2.24, 2.45) is 5.92 Å². The van der Waals surface area contributed by atoms with Gasteiger partial charge in [0.1, 0.15) is 12.6 Å². The van der Waals surface area contributed by atoms with Gasteiger partial charge in [-0.05, 0) is 23.6 Å². The number of ether oxygens (including phenoxy) is 2. The summed E-state index contributed by atoms with van der Waals surface area (Å²) in [6, 6.07) is 6.03. The second kappa shape index (κ2) is 11.3. The van der Waals surface area contributed by atoms with Crippen LogP contribution in [0.15, 0.2) is 47.8 Å². The minimum absolute atomic E-state index is 0.110. The van der Waals surface area contributed by atoms with Crippen LogP contribution < -0.4 is 25.7 Å². The number of fused-ring (bicyclic) bond motifs is 1. The van der Waals surface area contributed by atoms with Crippen molar-refractivity contribution in [1.29, 1.82) is 0 Å². The number of aromatic nitrogens is 3. The Bertz CT molecular complexity index is 1210. The Morgan fingerprint density at radius 1 is 1.18 bits per heavy atom. The molecule has 2 atom stereocenters. The standard InChI is InChI=1S/C24H29N5O5/c1-5-15(2)22(23(31)26-12-16-7-6-8-25-11-16)28-21(30)13-29-14-27-18-10-20(34-4)19(33-3)9-17(18)24(29)32/h6-11,14-15,22H,5,12-13H2,1-4H3,(H,26,31)(H,28,30)/t15?,22-/m0/s1. The van der Waals surface area contributed by atoms with Crippen LogP contribution in [-0.4, -0.2) is 46.6 Å². The number of carbonyl (C=O) groups excluding carboxylic acids is 2. The molecule has 0 aliphatic heterocycles. The summed E-state index contributed by atoms with van der Waals surface area (Å²) in [5.41, 5.74) is 0.875. The summed E-state index contributed by atoms with van der Waals surface area (Å²) in [7, 11) is 2.97. The van der Waals surface area contributed by atoms with Crippen LogP contribution in [0.2, 0.25) is 0 Å². The van der Waals surface area contributed by atoms with Crippen molar-refractivity contribution in [2.45, 2.75) is 39.4 Å². The molecular formula is C24H29N5O5. The molecule has 3 rings (SSSR count). The molecule has 10 nitrogen and oxygen atoms in total. The third kappa shape index (κ3) is 5.69. The van der Waals surface area contributed by atoms with Gasteiger partial charge in [-0.2, -0.15) is 0 Å². The molecule has 2 aromatic heterocycles. The predicted octanol–water partition coefficient (Wildman–Crippen LogP) is 1.66. The van der Waals surface area contributed by atoms with E-state index in [4.69, 9.17) is 9.47 Å². The van der Waals surface area contributed by atoms with Gasteiger partial charge in [0.15, 0.2) is 11.5 Å². The summed E-state index contributed by atoms with van der Waals surface area (Å²) in [5.74, 6) is -0.0387. The van der Waals surface area contributed by atoms with Gasteiger partial charge in [-0.15, -0.1) is 0 Å². The van der Waals surface area contributed by atoms with Crippen molar-refractivity contribution in [3.8, 4) is 11.5 Å². The number of carbonyl (C=O) groups is 2. The summed E-state index contributed by atoms with van der Waals surface area (Å²) in [6.07, 6.45) is 5.31. The van der Waals surface area contributed by atoms with Crippen molar-refractivity contribution in [2.75, 3.05) is 14.2 Å². The number of amides is 2. The maximum Gasteiger partial charge on any atom is 0.261 e. The molecule has 2 amide bonds. The lowest BCUT2D eigenvalue weighted by atomic mass is 9.98. The van der Waals surface area contributed by atoms with E-state index in [0.717, 1.165) is 5.56 Å². The van der Waals surface area contributed by atoms with Crippen molar-refractivity contribution < 1.29 is 19.1 Å². The molecule has 2 N–H and O–H groups in total. The topological polar surface area (TPSA) is 124 Å². The predicted molar refractivity (Wildman–Crippen MR) is 127 cm³/mol. The Morgan fingerprint density at radius 2 is 1.91 bits per heavy atom. The second-order valence-electron chi connectivity index (χ2n) is 7.91. The van der Waals surface area contributed by atoms with Gasteiger partial charge in [-0.25, -0.2) is 4.98 Å². The van der Waals surface area contributed by atoms with E-state index in [1.807, 2.05) is 19.9 Å². The van der Waals surface area contributed by atoms with E-state index in [2.05, 4.69) is 20.6 Å². The summed E-state index contributed by atoms with van der Waals surface area (Å²) < 4.78 is 11.7.